The Morgan fingerprint density at radius 2 is 1.15 bits per heavy atom. The van der Waals surface area contributed by atoms with E-state index in [9.17, 15) is 55.2 Å². The number of allylic oxidation sites excluding steroid dienone is 3. The molecule has 22 nitrogen and oxygen atoms in total. The molecule has 5 aromatic carbocycles. The van der Waals surface area contributed by atoms with Crippen LogP contribution in [0.3, 0.4) is 0 Å². The molecular weight excluding hydrogens is 1320 g/mol. The molecule has 0 aromatic heterocycles. The number of nitriles is 1. The lowest BCUT2D eigenvalue weighted by Crippen LogP contribution is -2.41. The van der Waals surface area contributed by atoms with E-state index in [1.807, 2.05) is 71.0 Å². The summed E-state index contributed by atoms with van der Waals surface area (Å²) in [4.78, 5) is 34.7. The first-order chi connectivity index (χ1) is 49.4. The normalized spacial score (nSPS) is 20.5. The summed E-state index contributed by atoms with van der Waals surface area (Å²) >= 11 is 0. The molecule has 11 rings (SSSR count). The number of Topliss-reactive ketones (excluding diaryl/α,β-unsaturated/α-hetero) is 2. The average molecular weight is 1430 g/mol. The van der Waals surface area contributed by atoms with Gasteiger partial charge in [-0.3, -0.25) is 9.59 Å². The fraction of sp³-hybridized carbons (Fsp3) is 0.531. The highest BCUT2D eigenvalue weighted by Crippen LogP contribution is 2.54. The van der Waals surface area contributed by atoms with Crippen molar-refractivity contribution in [3.63, 3.8) is 0 Å². The van der Waals surface area contributed by atoms with Crippen LogP contribution in [0, 0.1) is 62.7 Å². The zero-order chi connectivity index (χ0) is 76.4. The maximum absolute atomic E-state index is 12.5. The number of nitrogens with zero attached hydrogens (tertiary/aromatic N) is 1. The first kappa shape index (κ1) is 85.4. The highest BCUT2D eigenvalue weighted by Gasteiger charge is 2.42. The minimum Gasteiger partial charge on any atom is -0.507 e. The van der Waals surface area contributed by atoms with Gasteiger partial charge in [-0.1, -0.05) is 76.2 Å². The lowest BCUT2D eigenvalue weighted by Gasteiger charge is -2.34. The topological polar surface area (TPSA) is 360 Å². The Hall–Kier alpha value is -8.24. The van der Waals surface area contributed by atoms with Crippen LogP contribution in [0.4, 0.5) is 0 Å². The van der Waals surface area contributed by atoms with Gasteiger partial charge in [0.1, 0.15) is 18.6 Å². The van der Waals surface area contributed by atoms with Crippen LogP contribution in [0.25, 0.3) is 0 Å². The van der Waals surface area contributed by atoms with Gasteiger partial charge in [0.25, 0.3) is 0 Å². The summed E-state index contributed by atoms with van der Waals surface area (Å²) in [5.74, 6) is 5.36. The number of benzene rings is 5. The first-order valence-electron chi connectivity index (χ1n) is 35.7. The number of ether oxygens (including phenoxy) is 7. The minimum atomic E-state index is -0.294. The van der Waals surface area contributed by atoms with Gasteiger partial charge in [0.2, 0.25) is 12.6 Å². The number of ketones is 2. The molecule has 6 aliphatic rings. The smallest absolute Gasteiger partial charge is 0.231 e. The van der Waals surface area contributed by atoms with E-state index in [0.717, 1.165) is 131 Å². The predicted octanol–water partition coefficient (Wildman–Crippen LogP) is 11.2. The second kappa shape index (κ2) is 41.9. The molecule has 22 heteroatoms. The molecule has 0 amide bonds. The zero-order valence-electron chi connectivity index (χ0n) is 62.7. The molecule has 0 saturated carbocycles. The summed E-state index contributed by atoms with van der Waals surface area (Å²) in [6.07, 6.45) is 10.4. The van der Waals surface area contributed by atoms with Crippen LogP contribution in [0.5, 0.6) is 51.7 Å². The fourth-order valence-electron chi connectivity index (χ4n) is 14.9. The fourth-order valence-corrected chi connectivity index (χ4v) is 14.9. The molecule has 2 heterocycles. The van der Waals surface area contributed by atoms with Crippen molar-refractivity contribution >= 4 is 17.9 Å². The number of hydrogen-bond acceptors (Lipinski definition) is 22. The number of aryl methyl sites for hydroxylation is 3. The number of phenolic OH excluding ortho intramolecular Hbond substituents is 4. The van der Waals surface area contributed by atoms with Gasteiger partial charge in [-0.15, -0.1) is 0 Å². The molecule has 0 unspecified atom stereocenters. The molecule has 103 heavy (non-hydrogen) atoms. The van der Waals surface area contributed by atoms with E-state index in [4.69, 9.17) is 49.3 Å². The number of carbonyl (C=O) groups is 3. The second-order valence-electron chi connectivity index (χ2n) is 26.9. The first-order valence-corrected chi connectivity index (χ1v) is 35.7. The Labute approximate surface area is 608 Å². The predicted molar refractivity (Wildman–Crippen MR) is 394 cm³/mol. The maximum Gasteiger partial charge on any atom is 0.231 e. The zero-order valence-corrected chi connectivity index (χ0v) is 62.7. The van der Waals surface area contributed by atoms with Crippen LogP contribution in [0.15, 0.2) is 77.1 Å². The Kier molecular flexibility index (Phi) is 34.7. The molecule has 0 bridgehead atoms. The van der Waals surface area contributed by atoms with Gasteiger partial charge in [0.15, 0.2) is 57.5 Å². The Morgan fingerprint density at radius 1 is 0.621 bits per heavy atom. The lowest BCUT2D eigenvalue weighted by atomic mass is 9.70. The van der Waals surface area contributed by atoms with Crippen LogP contribution in [0.1, 0.15) is 178 Å². The quantitative estimate of drug-likeness (QED) is 0.0208. The van der Waals surface area contributed by atoms with Crippen LogP contribution in [-0.4, -0.2) is 151 Å². The summed E-state index contributed by atoms with van der Waals surface area (Å²) < 4.78 is 36.8. The number of rotatable bonds is 19. The van der Waals surface area contributed by atoms with E-state index in [-0.39, 0.29) is 111 Å². The number of fused-ring (bicyclic) bond motifs is 5. The third kappa shape index (κ3) is 21.2. The molecule has 5 aromatic rings. The Morgan fingerprint density at radius 3 is 1.66 bits per heavy atom. The van der Waals surface area contributed by atoms with E-state index in [1.165, 1.54) is 26.7 Å². The van der Waals surface area contributed by atoms with Gasteiger partial charge >= 0.3 is 0 Å². The Bertz CT molecular complexity index is 3620. The third-order valence-electron chi connectivity index (χ3n) is 19.9. The van der Waals surface area contributed by atoms with Gasteiger partial charge in [0, 0.05) is 89.4 Å². The number of phenols is 4. The van der Waals surface area contributed by atoms with Crippen molar-refractivity contribution in [2.75, 3.05) is 74.9 Å². The van der Waals surface area contributed by atoms with Crippen LogP contribution in [0.2, 0.25) is 0 Å². The SMILES string of the molecule is CC#N.CC[C@@H]1C[C@H](CO)CC2=C1C(=O)C(OC)=C(C)C2=O.CC[C@@H]1C[C@H](CO)Cc2c(O)c(C)c3c(c21)OCO3.CC[C@@H]1C[C@H](CO)Cc2cc(C)c(OC)c(O)c21.CC[C@@H]1N[C@H](CO)Cc2cc(C)c(OC)c(O)c21.COc1c(C)cc(C[C@H](N)CO)cc1O.O=CCOCc1ccccc1. The molecule has 0 fully saturated rings. The van der Waals surface area contributed by atoms with Crippen LogP contribution < -0.4 is 34.7 Å². The van der Waals surface area contributed by atoms with Gasteiger partial charge in [0.05, 0.1) is 54.3 Å². The number of nitrogens with two attached hydrogens (primary N) is 1. The Balaban J connectivity index is 0.000000222. The molecule has 12 N–H and O–H groups in total. The van der Waals surface area contributed by atoms with E-state index in [1.54, 1.807) is 33.3 Å². The number of aromatic hydroxyl groups is 4. The van der Waals surface area contributed by atoms with E-state index >= 15 is 0 Å². The van der Waals surface area contributed by atoms with Crippen molar-refractivity contribution in [3.8, 4) is 57.8 Å². The summed E-state index contributed by atoms with van der Waals surface area (Å²) in [6, 6.07) is 19.0. The standard InChI is InChI=1S/2C15H20O4.C15H22O3.C14H21NO3.C11H17NO3.C9H10O2.C2H3N/c1-3-10-4-9(6-16)5-11-12(10)15-14(18-7-19-15)8(2)13(11)17;1-4-10-5-9(7-16)6-11-12(10)14(18)15(19-3)8(2)13(11)17;1-4-11-6-10(8-16)7-12-5-9(2)15(18-3)14(17)13(11)12;1-4-11-12-9(6-10(7-16)15-11)5-8(2)14(18-3)13(12)17;1-7-3-8(4-9(12)6-13)5-10(14)11(7)15-2;10-6-7-11-8-9-4-2-1-3-5-9;1-2-3/h9-10,16-17H,3-7H2,1-2H3;9-10,16H,4-7H2,1-3H3;5,10-11,16-17H,4,6-8H2,1-3H3;5,10-11,15-17H,4,6-7H2,1-3H3;3,5,9,13-14H,4,6,12H2,1-2H3;1-6H,7-8H2;1H3/t2*9-,10+;10-,11+;10-,11-;9-;;/m00000../s1. The number of aldehydes is 1. The van der Waals surface area contributed by atoms with Crippen molar-refractivity contribution in [2.24, 2.45) is 29.4 Å². The largest absolute Gasteiger partial charge is 0.507 e. The van der Waals surface area contributed by atoms with Crippen molar-refractivity contribution in [3.05, 3.63) is 144 Å². The summed E-state index contributed by atoms with van der Waals surface area (Å²) in [7, 11) is 6.11. The van der Waals surface area contributed by atoms with Crippen molar-refractivity contribution in [1.82, 2.24) is 5.32 Å². The average Bonchev–Trinajstić information content (AvgIpc) is 1.75. The molecule has 4 aliphatic carbocycles. The van der Waals surface area contributed by atoms with E-state index < -0.39 is 0 Å². The second-order valence-corrected chi connectivity index (χ2v) is 26.9. The van der Waals surface area contributed by atoms with Crippen molar-refractivity contribution < 1.29 is 93.5 Å². The molecule has 0 radical (unpaired) electrons. The number of carbonyl (C=O) groups excluding carboxylic acids is 3. The van der Waals surface area contributed by atoms with Crippen LogP contribution in [-0.2, 0) is 56.1 Å². The lowest BCUT2D eigenvalue weighted by molar-refractivity contribution is -0.119. The molecule has 9 atom stereocenters. The van der Waals surface area contributed by atoms with Crippen molar-refractivity contribution in [1.29, 1.82) is 5.26 Å². The van der Waals surface area contributed by atoms with Gasteiger partial charge in [-0.05, 0) is 192 Å². The van der Waals surface area contributed by atoms with Gasteiger partial charge in [-0.25, -0.2) is 0 Å². The van der Waals surface area contributed by atoms with E-state index in [2.05, 4.69) is 38.2 Å². The monoisotopic (exact) mass is 1430 g/mol. The highest BCUT2D eigenvalue weighted by atomic mass is 16.7. The summed E-state index contributed by atoms with van der Waals surface area (Å²) in [6.45, 7) is 20.4. The maximum atomic E-state index is 12.5. The molecule has 566 valence electrons. The van der Waals surface area contributed by atoms with Gasteiger partial charge in [-0.2, -0.15) is 5.26 Å². The summed E-state index contributed by atoms with van der Waals surface area (Å²) in [5, 5.41) is 97.8. The van der Waals surface area contributed by atoms with Gasteiger partial charge < -0.3 is 95.0 Å². The van der Waals surface area contributed by atoms with Crippen LogP contribution >= 0.6 is 0 Å². The number of hydrogen-bond donors (Lipinski definition) is 11. The third-order valence-corrected chi connectivity index (χ3v) is 19.9. The number of methoxy groups -OCH3 is 4. The van der Waals surface area contributed by atoms with E-state index in [0.29, 0.717) is 94.8 Å². The highest BCUT2D eigenvalue weighted by molar-refractivity contribution is 6.24. The number of aliphatic hydroxyl groups excluding tert-OH is 5. The summed E-state index contributed by atoms with van der Waals surface area (Å²) in [5.41, 5.74) is 19.0. The molecule has 0 spiro atoms. The number of nitrogens with one attached hydrogen (secondary N) is 1. The van der Waals surface area contributed by atoms with Crippen molar-refractivity contribution in [2.45, 2.75) is 183 Å². The molecular formula is C81H113N3O19. The number of aliphatic hydroxyl groups is 5. The minimum absolute atomic E-state index is 0.0515. The molecule has 0 saturated heterocycles. The molecule has 2 aliphatic heterocycles.